The maximum absolute atomic E-state index is 5.67. The first-order valence-electron chi connectivity index (χ1n) is 8.59. The highest BCUT2D eigenvalue weighted by Gasteiger charge is 2.19. The maximum atomic E-state index is 5.67. The molecule has 0 aromatic carbocycles. The van der Waals surface area contributed by atoms with Crippen LogP contribution in [0, 0.1) is 17.8 Å². The van der Waals surface area contributed by atoms with Crippen LogP contribution in [-0.2, 0) is 0 Å². The van der Waals surface area contributed by atoms with Crippen molar-refractivity contribution < 1.29 is 0 Å². The minimum atomic E-state index is 0.859. The van der Waals surface area contributed by atoms with E-state index in [0.29, 0.717) is 0 Å². The van der Waals surface area contributed by atoms with E-state index in [1.807, 2.05) is 0 Å². The lowest BCUT2D eigenvalue weighted by atomic mass is 9.89. The van der Waals surface area contributed by atoms with E-state index in [1.54, 1.807) is 0 Å². The molecule has 1 fully saturated rings. The zero-order chi connectivity index (χ0) is 14.1. The highest BCUT2D eigenvalue weighted by atomic mass is 15.1. The van der Waals surface area contributed by atoms with E-state index in [0.717, 1.165) is 24.3 Å². The van der Waals surface area contributed by atoms with Crippen molar-refractivity contribution in [3.63, 3.8) is 0 Å². The van der Waals surface area contributed by atoms with Crippen LogP contribution in [0.25, 0.3) is 0 Å². The van der Waals surface area contributed by atoms with Crippen molar-refractivity contribution in [1.82, 2.24) is 4.90 Å². The molecule has 19 heavy (non-hydrogen) atoms. The van der Waals surface area contributed by atoms with Crippen molar-refractivity contribution in [2.75, 3.05) is 26.2 Å². The van der Waals surface area contributed by atoms with Gasteiger partial charge in [-0.1, -0.05) is 27.2 Å². The fourth-order valence-corrected chi connectivity index (χ4v) is 3.46. The molecule has 2 nitrogen and oxygen atoms in total. The van der Waals surface area contributed by atoms with E-state index in [9.17, 15) is 0 Å². The van der Waals surface area contributed by atoms with Crippen LogP contribution in [-0.4, -0.2) is 31.1 Å². The first kappa shape index (κ1) is 17.0. The quantitative estimate of drug-likeness (QED) is 0.723. The molecule has 0 saturated carbocycles. The Kier molecular flexibility index (Phi) is 8.72. The summed E-state index contributed by atoms with van der Waals surface area (Å²) in [5.74, 6) is 2.69. The van der Waals surface area contributed by atoms with Gasteiger partial charge in [-0.15, -0.1) is 0 Å². The Hall–Kier alpha value is -0.0800. The molecule has 0 aliphatic carbocycles. The minimum absolute atomic E-state index is 0.859. The molecule has 0 bridgehead atoms. The minimum Gasteiger partial charge on any atom is -0.330 e. The molecule has 0 aromatic heterocycles. The molecule has 1 heterocycles. The molecule has 1 rings (SSSR count). The summed E-state index contributed by atoms with van der Waals surface area (Å²) in [6.45, 7) is 11.9. The molecule has 114 valence electrons. The Morgan fingerprint density at radius 3 is 2.58 bits per heavy atom. The predicted molar refractivity (Wildman–Crippen MR) is 85.3 cm³/mol. The van der Waals surface area contributed by atoms with Crippen molar-refractivity contribution in [3.8, 4) is 0 Å². The normalized spacial score (nSPS) is 23.5. The van der Waals surface area contributed by atoms with E-state index in [2.05, 4.69) is 25.7 Å². The lowest BCUT2D eigenvalue weighted by molar-refractivity contribution is 0.258. The molecule has 1 aliphatic rings. The molecule has 0 radical (unpaired) electrons. The van der Waals surface area contributed by atoms with Gasteiger partial charge in [0.2, 0.25) is 0 Å². The smallest absolute Gasteiger partial charge is 0.00160 e. The number of likely N-dealkylation sites (tertiary alicyclic amines) is 1. The van der Waals surface area contributed by atoms with Crippen LogP contribution < -0.4 is 5.73 Å². The lowest BCUT2D eigenvalue weighted by Gasteiger charge is -2.22. The lowest BCUT2D eigenvalue weighted by Crippen LogP contribution is -2.26. The van der Waals surface area contributed by atoms with Gasteiger partial charge in [0.25, 0.3) is 0 Å². The highest BCUT2D eigenvalue weighted by Crippen LogP contribution is 2.25. The van der Waals surface area contributed by atoms with Crippen molar-refractivity contribution in [1.29, 1.82) is 0 Å². The summed E-state index contributed by atoms with van der Waals surface area (Å²) < 4.78 is 0. The van der Waals surface area contributed by atoms with Gasteiger partial charge in [0.1, 0.15) is 0 Å². The average molecular weight is 268 g/mol. The summed E-state index contributed by atoms with van der Waals surface area (Å²) in [7, 11) is 0. The summed E-state index contributed by atoms with van der Waals surface area (Å²) in [5.41, 5.74) is 5.67. The summed E-state index contributed by atoms with van der Waals surface area (Å²) in [6.07, 6.45) is 9.51. The van der Waals surface area contributed by atoms with Crippen LogP contribution >= 0.6 is 0 Å². The Labute approximate surface area is 121 Å². The van der Waals surface area contributed by atoms with Crippen LogP contribution in [0.2, 0.25) is 0 Å². The van der Waals surface area contributed by atoms with Crippen LogP contribution in [0.1, 0.15) is 65.7 Å². The Morgan fingerprint density at radius 1 is 1.16 bits per heavy atom. The standard InChI is InChI=1S/C17H36N2/c1-4-16(9-11-18)7-5-12-19-13-6-8-17(10-14-19)15(2)3/h15-17H,4-14,18H2,1-3H3. The zero-order valence-corrected chi connectivity index (χ0v) is 13.5. The van der Waals surface area contributed by atoms with E-state index >= 15 is 0 Å². The van der Waals surface area contributed by atoms with Gasteiger partial charge in [-0.05, 0) is 82.5 Å². The van der Waals surface area contributed by atoms with Crippen LogP contribution in [0.5, 0.6) is 0 Å². The summed E-state index contributed by atoms with van der Waals surface area (Å²) in [6, 6.07) is 0. The number of nitrogens with zero attached hydrogens (tertiary/aromatic N) is 1. The van der Waals surface area contributed by atoms with Gasteiger partial charge in [-0.25, -0.2) is 0 Å². The van der Waals surface area contributed by atoms with Crippen LogP contribution in [0.15, 0.2) is 0 Å². The van der Waals surface area contributed by atoms with Crippen molar-refractivity contribution in [2.45, 2.75) is 65.7 Å². The van der Waals surface area contributed by atoms with E-state index in [1.165, 1.54) is 64.6 Å². The molecular weight excluding hydrogens is 232 g/mol. The number of rotatable bonds is 8. The van der Waals surface area contributed by atoms with Gasteiger partial charge in [-0.2, -0.15) is 0 Å². The van der Waals surface area contributed by atoms with E-state index < -0.39 is 0 Å². The van der Waals surface area contributed by atoms with Crippen molar-refractivity contribution >= 4 is 0 Å². The molecule has 1 aliphatic heterocycles. The van der Waals surface area contributed by atoms with Gasteiger partial charge in [0, 0.05) is 0 Å². The Balaban J connectivity index is 2.19. The summed E-state index contributed by atoms with van der Waals surface area (Å²) in [5, 5.41) is 0. The average Bonchev–Trinajstić information content (AvgIpc) is 2.63. The molecule has 2 atom stereocenters. The molecule has 2 N–H and O–H groups in total. The highest BCUT2D eigenvalue weighted by molar-refractivity contribution is 4.72. The maximum Gasteiger partial charge on any atom is -0.00160 e. The molecule has 0 spiro atoms. The number of nitrogens with two attached hydrogens (primary N) is 1. The molecular formula is C17H36N2. The number of hydrogen-bond donors (Lipinski definition) is 1. The van der Waals surface area contributed by atoms with Gasteiger partial charge in [0.15, 0.2) is 0 Å². The first-order valence-corrected chi connectivity index (χ1v) is 8.59. The van der Waals surface area contributed by atoms with Crippen LogP contribution in [0.3, 0.4) is 0 Å². The zero-order valence-electron chi connectivity index (χ0n) is 13.5. The third-order valence-corrected chi connectivity index (χ3v) is 5.05. The van der Waals surface area contributed by atoms with Gasteiger partial charge >= 0.3 is 0 Å². The SMILES string of the molecule is CCC(CCN)CCCN1CCCC(C(C)C)CC1. The molecule has 0 amide bonds. The van der Waals surface area contributed by atoms with E-state index in [4.69, 9.17) is 5.73 Å². The van der Waals surface area contributed by atoms with Gasteiger partial charge in [-0.3, -0.25) is 0 Å². The summed E-state index contributed by atoms with van der Waals surface area (Å²) in [4.78, 5) is 2.71. The predicted octanol–water partition coefficient (Wildman–Crippen LogP) is 3.90. The monoisotopic (exact) mass is 268 g/mol. The van der Waals surface area contributed by atoms with E-state index in [-0.39, 0.29) is 0 Å². The number of hydrogen-bond acceptors (Lipinski definition) is 2. The van der Waals surface area contributed by atoms with Crippen molar-refractivity contribution in [3.05, 3.63) is 0 Å². The first-order chi connectivity index (χ1) is 9.17. The fourth-order valence-electron chi connectivity index (χ4n) is 3.46. The Morgan fingerprint density at radius 2 is 1.95 bits per heavy atom. The topological polar surface area (TPSA) is 29.3 Å². The second-order valence-corrected chi connectivity index (χ2v) is 6.77. The molecule has 0 aromatic rings. The van der Waals surface area contributed by atoms with Gasteiger partial charge in [0.05, 0.1) is 0 Å². The second kappa shape index (κ2) is 9.77. The molecule has 2 heteroatoms. The molecule has 1 saturated heterocycles. The van der Waals surface area contributed by atoms with Gasteiger partial charge < -0.3 is 10.6 Å². The fraction of sp³-hybridized carbons (Fsp3) is 1.00. The van der Waals surface area contributed by atoms with Crippen molar-refractivity contribution in [2.24, 2.45) is 23.5 Å². The summed E-state index contributed by atoms with van der Waals surface area (Å²) >= 11 is 0. The third-order valence-electron chi connectivity index (χ3n) is 5.05. The van der Waals surface area contributed by atoms with Crippen LogP contribution in [0.4, 0.5) is 0 Å². The molecule has 2 unspecified atom stereocenters. The second-order valence-electron chi connectivity index (χ2n) is 6.77. The Bertz CT molecular complexity index is 215. The largest absolute Gasteiger partial charge is 0.330 e. The third kappa shape index (κ3) is 6.76.